The number of carbonyl (C=O) groups is 1. The highest BCUT2D eigenvalue weighted by Crippen LogP contribution is 2.36. The molecule has 2 aromatic carbocycles. The molecule has 2 unspecified atom stereocenters. The molecule has 0 saturated carbocycles. The Morgan fingerprint density at radius 1 is 0.844 bits per heavy atom. The number of piperidine rings is 1. The molecule has 4 heterocycles. The van der Waals surface area contributed by atoms with Gasteiger partial charge in [-0.2, -0.15) is 31.4 Å². The number of amides is 1. The number of nitrogens with one attached hydrogen (secondary N) is 1. The first-order chi connectivity index (χ1) is 21.2. The van der Waals surface area contributed by atoms with Crippen LogP contribution in [0.1, 0.15) is 54.3 Å². The number of hydrogen-bond donors (Lipinski definition) is 1. The van der Waals surface area contributed by atoms with Crippen LogP contribution in [0, 0.1) is 0 Å². The molecule has 0 radical (unpaired) electrons. The van der Waals surface area contributed by atoms with Crippen LogP contribution in [0.2, 0.25) is 0 Å². The van der Waals surface area contributed by atoms with E-state index in [-0.39, 0.29) is 11.2 Å². The Kier molecular flexibility index (Phi) is 7.32. The van der Waals surface area contributed by atoms with Crippen molar-refractivity contribution in [2.24, 2.45) is 0 Å². The van der Waals surface area contributed by atoms with Crippen molar-refractivity contribution in [3.8, 4) is 16.9 Å². The monoisotopic (exact) mass is 628 g/mol. The zero-order valence-corrected chi connectivity index (χ0v) is 23.9. The van der Waals surface area contributed by atoms with Crippen LogP contribution in [0.15, 0.2) is 77.9 Å². The summed E-state index contributed by atoms with van der Waals surface area (Å²) in [5, 5.41) is 4.52. The highest BCUT2D eigenvalue weighted by molar-refractivity contribution is 5.94. The summed E-state index contributed by atoms with van der Waals surface area (Å²) in [7, 11) is 0. The van der Waals surface area contributed by atoms with Crippen LogP contribution in [0.3, 0.4) is 0 Å². The largest absolute Gasteiger partial charge is 0.416 e. The Balaban J connectivity index is 1.31. The lowest BCUT2D eigenvalue weighted by Crippen LogP contribution is -2.51. The number of carbonyl (C=O) groups excluding carboxylic acids is 1. The van der Waals surface area contributed by atoms with Crippen LogP contribution in [-0.4, -0.2) is 47.2 Å². The van der Waals surface area contributed by atoms with Crippen molar-refractivity contribution in [1.29, 1.82) is 0 Å². The Bertz CT molecular complexity index is 1910. The number of imidazole rings is 1. The summed E-state index contributed by atoms with van der Waals surface area (Å²) >= 11 is 0. The molecule has 1 aliphatic rings. The van der Waals surface area contributed by atoms with Gasteiger partial charge in [-0.05, 0) is 87.4 Å². The van der Waals surface area contributed by atoms with Crippen LogP contribution in [0.4, 0.5) is 26.3 Å². The van der Waals surface area contributed by atoms with Gasteiger partial charge in [0.2, 0.25) is 0 Å². The van der Waals surface area contributed by atoms with Crippen molar-refractivity contribution in [2.75, 3.05) is 0 Å². The summed E-state index contributed by atoms with van der Waals surface area (Å²) in [5.74, 6) is -0.407. The van der Waals surface area contributed by atoms with Crippen LogP contribution >= 0.6 is 0 Å². The minimum absolute atomic E-state index is 0.0720. The molecule has 14 heteroatoms. The summed E-state index contributed by atoms with van der Waals surface area (Å²) in [6.45, 7) is 3.64. The van der Waals surface area contributed by atoms with Crippen LogP contribution in [0.5, 0.6) is 0 Å². The first-order valence-electron chi connectivity index (χ1n) is 14.0. The molecule has 0 bridgehead atoms. The number of halogens is 6. The summed E-state index contributed by atoms with van der Waals surface area (Å²) in [6.07, 6.45) is -5.28. The fraction of sp³-hybridized carbons (Fsp3) is 0.290. The zero-order chi connectivity index (χ0) is 32.3. The number of alkyl halides is 6. The molecule has 0 spiro atoms. The topological polar surface area (TPSA) is 88.8 Å². The molecule has 1 fully saturated rings. The van der Waals surface area contributed by atoms with E-state index >= 15 is 0 Å². The SMILES string of the molecule is CC1CC(n2c(=O)[nH]c3cc(C(F)(F)F)ccc32)CC(C)N1C(=O)c1cc(-c2ccncc2)n(-c2ccc(C(F)(F)F)cc2)n1. The maximum Gasteiger partial charge on any atom is 0.416 e. The van der Waals surface area contributed by atoms with E-state index in [0.717, 1.165) is 24.3 Å². The quantitative estimate of drug-likeness (QED) is 0.220. The first kappa shape index (κ1) is 30.2. The molecule has 234 valence electrons. The predicted octanol–water partition coefficient (Wildman–Crippen LogP) is 6.87. The smallest absolute Gasteiger partial charge is 0.332 e. The van der Waals surface area contributed by atoms with Gasteiger partial charge in [0.1, 0.15) is 0 Å². The molecule has 2 atom stereocenters. The lowest BCUT2D eigenvalue weighted by Gasteiger charge is -2.42. The molecular weight excluding hydrogens is 602 g/mol. The van der Waals surface area contributed by atoms with E-state index in [1.54, 1.807) is 35.5 Å². The number of pyridine rings is 1. The van der Waals surface area contributed by atoms with E-state index in [1.165, 1.54) is 27.4 Å². The number of hydrogen-bond acceptors (Lipinski definition) is 4. The summed E-state index contributed by atoms with van der Waals surface area (Å²) in [6, 6.07) is 11.4. The first-order valence-corrected chi connectivity index (χ1v) is 14.0. The minimum atomic E-state index is -4.56. The molecular formula is C31H26F6N6O2. The average molecular weight is 629 g/mol. The van der Waals surface area contributed by atoms with Crippen molar-refractivity contribution in [3.05, 3.63) is 100 Å². The van der Waals surface area contributed by atoms with Crippen LogP contribution in [0.25, 0.3) is 28.0 Å². The van der Waals surface area contributed by atoms with Gasteiger partial charge < -0.3 is 9.88 Å². The van der Waals surface area contributed by atoms with Gasteiger partial charge in [-0.25, -0.2) is 9.48 Å². The molecule has 3 aromatic heterocycles. The number of aromatic amines is 1. The van der Waals surface area contributed by atoms with Gasteiger partial charge in [-0.1, -0.05) is 0 Å². The van der Waals surface area contributed by atoms with Gasteiger partial charge in [-0.3, -0.25) is 14.3 Å². The second-order valence-electron chi connectivity index (χ2n) is 11.2. The third kappa shape index (κ3) is 5.60. The summed E-state index contributed by atoms with van der Waals surface area (Å²) < 4.78 is 82.1. The number of rotatable bonds is 4. The number of aromatic nitrogens is 5. The zero-order valence-electron chi connectivity index (χ0n) is 23.9. The standard InChI is InChI=1S/C31H26F6N6O2/c1-17-13-23(42-26-8-5-21(31(35,36)37)15-24(26)39-29(42)45)14-18(2)41(17)28(44)25-16-27(19-9-11-38-12-10-19)43(40-25)22-6-3-20(4-7-22)30(32,33)34/h3-12,15-18,23H,13-14H2,1-2H3,(H,39,45). The maximum atomic E-state index is 13.9. The molecule has 1 aliphatic heterocycles. The van der Waals surface area contributed by atoms with E-state index in [4.69, 9.17) is 0 Å². The molecule has 1 N–H and O–H groups in total. The highest BCUT2D eigenvalue weighted by atomic mass is 19.4. The predicted molar refractivity (Wildman–Crippen MR) is 153 cm³/mol. The van der Waals surface area contributed by atoms with Gasteiger partial charge >= 0.3 is 18.0 Å². The molecule has 6 rings (SSSR count). The molecule has 8 nitrogen and oxygen atoms in total. The Labute approximate surface area is 251 Å². The normalized spacial score (nSPS) is 19.3. The van der Waals surface area contributed by atoms with Gasteiger partial charge in [0, 0.05) is 36.1 Å². The van der Waals surface area contributed by atoms with E-state index in [0.29, 0.717) is 35.3 Å². The Morgan fingerprint density at radius 2 is 1.44 bits per heavy atom. The van der Waals surface area contributed by atoms with Crippen LogP contribution < -0.4 is 5.69 Å². The van der Waals surface area contributed by atoms with Crippen molar-refractivity contribution < 1.29 is 31.1 Å². The Hall–Kier alpha value is -4.88. The van der Waals surface area contributed by atoms with Gasteiger partial charge in [0.25, 0.3) is 5.91 Å². The molecule has 45 heavy (non-hydrogen) atoms. The van der Waals surface area contributed by atoms with Gasteiger partial charge in [0.15, 0.2) is 5.69 Å². The number of fused-ring (bicyclic) bond motifs is 1. The second kappa shape index (κ2) is 10.9. The van der Waals surface area contributed by atoms with Crippen molar-refractivity contribution in [3.63, 3.8) is 0 Å². The molecule has 1 saturated heterocycles. The van der Waals surface area contributed by atoms with Crippen molar-refractivity contribution in [1.82, 2.24) is 29.2 Å². The lowest BCUT2D eigenvalue weighted by molar-refractivity contribution is -0.138. The van der Waals surface area contributed by atoms with Gasteiger partial charge in [-0.15, -0.1) is 0 Å². The summed E-state index contributed by atoms with van der Waals surface area (Å²) in [5.41, 5.74) is -0.300. The molecule has 1 amide bonds. The fourth-order valence-corrected chi connectivity index (χ4v) is 6.16. The van der Waals surface area contributed by atoms with E-state index in [1.807, 2.05) is 13.8 Å². The van der Waals surface area contributed by atoms with Crippen LogP contribution in [-0.2, 0) is 12.4 Å². The second-order valence-corrected chi connectivity index (χ2v) is 11.2. The summed E-state index contributed by atoms with van der Waals surface area (Å²) in [4.78, 5) is 35.0. The van der Waals surface area contributed by atoms with Gasteiger partial charge in [0.05, 0.1) is 33.5 Å². The number of benzene rings is 2. The third-order valence-electron chi connectivity index (χ3n) is 8.16. The number of nitrogens with zero attached hydrogens (tertiary/aromatic N) is 5. The number of H-pyrrole nitrogens is 1. The van der Waals surface area contributed by atoms with E-state index < -0.39 is 53.2 Å². The van der Waals surface area contributed by atoms with Crippen molar-refractivity contribution in [2.45, 2.75) is 57.2 Å². The lowest BCUT2D eigenvalue weighted by atomic mass is 9.92. The number of likely N-dealkylation sites (tertiary alicyclic amines) is 1. The van der Waals surface area contributed by atoms with Crippen molar-refractivity contribution >= 4 is 16.9 Å². The third-order valence-corrected chi connectivity index (χ3v) is 8.16. The highest BCUT2D eigenvalue weighted by Gasteiger charge is 2.38. The molecule has 5 aromatic rings. The van der Waals surface area contributed by atoms with E-state index in [9.17, 15) is 35.9 Å². The van der Waals surface area contributed by atoms with E-state index in [2.05, 4.69) is 15.1 Å². The fourth-order valence-electron chi connectivity index (χ4n) is 6.16. The average Bonchev–Trinajstić information content (AvgIpc) is 3.57. The maximum absolute atomic E-state index is 13.9. The Morgan fingerprint density at radius 3 is 2.04 bits per heavy atom. The molecule has 0 aliphatic carbocycles. The minimum Gasteiger partial charge on any atom is -0.332 e.